The van der Waals surface area contributed by atoms with Gasteiger partial charge in [0.2, 0.25) is 0 Å². The van der Waals surface area contributed by atoms with E-state index in [1.807, 2.05) is 25.9 Å². The van der Waals surface area contributed by atoms with E-state index in [0.717, 1.165) is 31.4 Å². The molecule has 0 aliphatic carbocycles. The number of amides is 1. The Morgan fingerprint density at radius 3 is 2.79 bits per heavy atom. The Kier molecular flexibility index (Phi) is 6.51. The average molecular weight is 350 g/mol. The van der Waals surface area contributed by atoms with Crippen LogP contribution in [0.1, 0.15) is 41.4 Å². The predicted octanol–water partition coefficient (Wildman–Crippen LogP) is 2.25. The number of nitrogens with one attached hydrogen (secondary N) is 1. The molecule has 0 radical (unpaired) electrons. The van der Waals surface area contributed by atoms with Crippen molar-refractivity contribution in [1.29, 1.82) is 0 Å². The summed E-state index contributed by atoms with van der Waals surface area (Å²) in [6.07, 6.45) is 4.76. The van der Waals surface area contributed by atoms with Gasteiger partial charge < -0.3 is 10.2 Å². The topological polar surface area (TPSA) is 67.2 Å². The molecule has 2 aromatic heterocycles. The van der Waals surface area contributed by atoms with Gasteiger partial charge in [0.25, 0.3) is 11.5 Å². The van der Waals surface area contributed by atoms with Gasteiger partial charge in [-0.25, -0.2) is 4.98 Å². The van der Waals surface area contributed by atoms with Gasteiger partial charge in [-0.3, -0.25) is 14.2 Å². The van der Waals surface area contributed by atoms with Crippen LogP contribution in [-0.4, -0.2) is 47.5 Å². The van der Waals surface area contributed by atoms with Crippen molar-refractivity contribution in [3.63, 3.8) is 0 Å². The van der Waals surface area contributed by atoms with Crippen molar-refractivity contribution >= 4 is 27.5 Å². The number of likely N-dealkylation sites (N-methyl/N-ethyl adjacent to an activating group) is 1. The summed E-state index contributed by atoms with van der Waals surface area (Å²) in [4.78, 5) is 32.7. The zero-order valence-corrected chi connectivity index (χ0v) is 15.7. The highest BCUT2D eigenvalue weighted by molar-refractivity contribution is 7.20. The van der Waals surface area contributed by atoms with Crippen molar-refractivity contribution in [2.75, 3.05) is 27.2 Å². The van der Waals surface area contributed by atoms with E-state index in [4.69, 9.17) is 0 Å². The monoisotopic (exact) mass is 350 g/mol. The first-order valence-corrected chi connectivity index (χ1v) is 9.18. The number of fused-ring (bicyclic) bond motifs is 1. The minimum absolute atomic E-state index is 0.0443. The number of carbonyl (C=O) groups is 1. The lowest BCUT2D eigenvalue weighted by molar-refractivity contribution is 0.0954. The first-order chi connectivity index (χ1) is 11.5. The van der Waals surface area contributed by atoms with Crippen LogP contribution < -0.4 is 10.9 Å². The van der Waals surface area contributed by atoms with Gasteiger partial charge in [-0.2, -0.15) is 0 Å². The van der Waals surface area contributed by atoms with E-state index < -0.39 is 0 Å². The van der Waals surface area contributed by atoms with Crippen LogP contribution in [0.15, 0.2) is 11.1 Å². The highest BCUT2D eigenvalue weighted by atomic mass is 32.1. The SMILES string of the molecule is CCCCCn1cnc2sc(C(=O)NCCN(C)C)c(C)c2c1=O. The quantitative estimate of drug-likeness (QED) is 0.742. The first-order valence-electron chi connectivity index (χ1n) is 8.37. The van der Waals surface area contributed by atoms with Gasteiger partial charge in [-0.1, -0.05) is 19.8 Å². The fraction of sp³-hybridized carbons (Fsp3) is 0.588. The Balaban J connectivity index is 2.24. The van der Waals surface area contributed by atoms with Crippen LogP contribution in [0.5, 0.6) is 0 Å². The molecule has 0 aliphatic heterocycles. The van der Waals surface area contributed by atoms with Crippen LogP contribution in [0, 0.1) is 6.92 Å². The van der Waals surface area contributed by atoms with Gasteiger partial charge in [0.15, 0.2) is 0 Å². The van der Waals surface area contributed by atoms with Crippen molar-refractivity contribution in [2.24, 2.45) is 0 Å². The molecule has 132 valence electrons. The molecule has 7 heteroatoms. The minimum Gasteiger partial charge on any atom is -0.350 e. The summed E-state index contributed by atoms with van der Waals surface area (Å²) in [5.74, 6) is -0.130. The van der Waals surface area contributed by atoms with Crippen LogP contribution in [-0.2, 0) is 6.54 Å². The number of hydrogen-bond acceptors (Lipinski definition) is 5. The number of unbranched alkanes of at least 4 members (excludes halogenated alkanes) is 2. The maximum Gasteiger partial charge on any atom is 0.262 e. The average Bonchev–Trinajstić information content (AvgIpc) is 2.87. The molecule has 2 rings (SSSR count). The lowest BCUT2D eigenvalue weighted by Crippen LogP contribution is -2.31. The van der Waals surface area contributed by atoms with E-state index in [0.29, 0.717) is 28.2 Å². The molecule has 0 unspecified atom stereocenters. The van der Waals surface area contributed by atoms with Gasteiger partial charge in [0.05, 0.1) is 16.6 Å². The van der Waals surface area contributed by atoms with E-state index in [1.54, 1.807) is 10.9 Å². The Morgan fingerprint density at radius 1 is 1.38 bits per heavy atom. The second-order valence-corrected chi connectivity index (χ2v) is 7.24. The third-order valence-corrected chi connectivity index (χ3v) is 5.17. The van der Waals surface area contributed by atoms with Gasteiger partial charge in [-0.05, 0) is 33.0 Å². The zero-order chi connectivity index (χ0) is 17.7. The first kappa shape index (κ1) is 18.6. The van der Waals surface area contributed by atoms with Crippen molar-refractivity contribution in [3.8, 4) is 0 Å². The lowest BCUT2D eigenvalue weighted by Gasteiger charge is -2.09. The fourth-order valence-electron chi connectivity index (χ4n) is 2.54. The molecule has 0 saturated carbocycles. The summed E-state index contributed by atoms with van der Waals surface area (Å²) >= 11 is 1.29. The largest absolute Gasteiger partial charge is 0.350 e. The van der Waals surface area contributed by atoms with Crippen molar-refractivity contribution < 1.29 is 4.79 Å². The molecule has 0 saturated heterocycles. The van der Waals surface area contributed by atoms with E-state index in [-0.39, 0.29) is 11.5 Å². The van der Waals surface area contributed by atoms with Crippen LogP contribution >= 0.6 is 11.3 Å². The molecule has 0 spiro atoms. The predicted molar refractivity (Wildman–Crippen MR) is 99.0 cm³/mol. The molecule has 2 aromatic rings. The summed E-state index contributed by atoms with van der Waals surface area (Å²) in [6, 6.07) is 0. The highest BCUT2D eigenvalue weighted by Gasteiger charge is 2.19. The molecule has 0 aliphatic rings. The molecular weight excluding hydrogens is 324 g/mol. The molecule has 24 heavy (non-hydrogen) atoms. The summed E-state index contributed by atoms with van der Waals surface area (Å²) in [7, 11) is 3.92. The summed E-state index contributed by atoms with van der Waals surface area (Å²) in [5, 5.41) is 3.48. The van der Waals surface area contributed by atoms with Crippen LogP contribution in [0.25, 0.3) is 10.2 Å². The number of rotatable bonds is 8. The van der Waals surface area contributed by atoms with Gasteiger partial charge in [0, 0.05) is 19.6 Å². The molecule has 2 heterocycles. The zero-order valence-electron chi connectivity index (χ0n) is 14.9. The minimum atomic E-state index is -0.130. The lowest BCUT2D eigenvalue weighted by atomic mass is 10.2. The van der Waals surface area contributed by atoms with Crippen molar-refractivity contribution in [2.45, 2.75) is 39.7 Å². The molecular formula is C17H26N4O2S. The van der Waals surface area contributed by atoms with E-state index in [9.17, 15) is 9.59 Å². The number of aromatic nitrogens is 2. The Hall–Kier alpha value is -1.73. The number of aryl methyl sites for hydroxylation is 2. The maximum absolute atomic E-state index is 12.7. The maximum atomic E-state index is 12.7. The van der Waals surface area contributed by atoms with Crippen LogP contribution in [0.3, 0.4) is 0 Å². The fourth-order valence-corrected chi connectivity index (χ4v) is 3.60. The third kappa shape index (κ3) is 4.21. The Labute approximate surface area is 146 Å². The smallest absolute Gasteiger partial charge is 0.262 e. The Morgan fingerprint density at radius 2 is 2.12 bits per heavy atom. The molecule has 0 atom stereocenters. The number of thiophene rings is 1. The second-order valence-electron chi connectivity index (χ2n) is 6.25. The Bertz CT molecular complexity index is 764. The standard InChI is InChI=1S/C17H26N4O2S/c1-5-6-7-9-21-11-19-16-13(17(21)23)12(2)14(24-16)15(22)18-8-10-20(3)4/h11H,5-10H2,1-4H3,(H,18,22). The summed E-state index contributed by atoms with van der Waals surface area (Å²) < 4.78 is 1.66. The molecule has 0 aromatic carbocycles. The number of nitrogens with zero attached hydrogens (tertiary/aromatic N) is 3. The molecule has 1 N–H and O–H groups in total. The van der Waals surface area contributed by atoms with E-state index in [2.05, 4.69) is 17.2 Å². The second kappa shape index (κ2) is 8.39. The van der Waals surface area contributed by atoms with Crippen LogP contribution in [0.4, 0.5) is 0 Å². The molecule has 6 nitrogen and oxygen atoms in total. The van der Waals surface area contributed by atoms with E-state index in [1.165, 1.54) is 11.3 Å². The number of hydrogen-bond donors (Lipinski definition) is 1. The normalized spacial score (nSPS) is 11.4. The molecule has 0 fully saturated rings. The summed E-state index contributed by atoms with van der Waals surface area (Å²) in [5.41, 5.74) is 0.692. The third-order valence-electron chi connectivity index (χ3n) is 3.97. The summed E-state index contributed by atoms with van der Waals surface area (Å²) in [6.45, 7) is 6.00. The number of carbonyl (C=O) groups excluding carboxylic acids is 1. The van der Waals surface area contributed by atoms with Crippen molar-refractivity contribution in [1.82, 2.24) is 19.8 Å². The molecule has 0 bridgehead atoms. The van der Waals surface area contributed by atoms with Gasteiger partial charge in [-0.15, -0.1) is 11.3 Å². The van der Waals surface area contributed by atoms with Gasteiger partial charge >= 0.3 is 0 Å². The van der Waals surface area contributed by atoms with E-state index >= 15 is 0 Å². The van der Waals surface area contributed by atoms with Crippen molar-refractivity contribution in [3.05, 3.63) is 27.1 Å². The van der Waals surface area contributed by atoms with Gasteiger partial charge in [0.1, 0.15) is 4.83 Å². The molecule has 1 amide bonds. The highest BCUT2D eigenvalue weighted by Crippen LogP contribution is 2.26. The van der Waals surface area contributed by atoms with Crippen LogP contribution in [0.2, 0.25) is 0 Å².